The van der Waals surface area contributed by atoms with E-state index in [-0.39, 0.29) is 12.5 Å². The fourth-order valence-electron chi connectivity index (χ4n) is 1.63. The molecule has 0 radical (unpaired) electrons. The predicted octanol–water partition coefficient (Wildman–Crippen LogP) is 1.62. The number of carbonyl (C=O) groups excluding carboxylic acids is 1. The molecule has 4 heteroatoms. The van der Waals surface area contributed by atoms with Gasteiger partial charge in [0.05, 0.1) is 12.1 Å². The standard InChI is InChI=1S/C14H17FN2O/c1-3-17(4-2)14(18)13-8-7-12(15)10-11(13)6-5-9-16/h7-8,10H,3-4,9,16H2,1-2H3. The molecule has 0 spiro atoms. The van der Waals surface area contributed by atoms with Gasteiger partial charge in [-0.25, -0.2) is 4.39 Å². The van der Waals surface area contributed by atoms with Crippen molar-refractivity contribution in [1.29, 1.82) is 0 Å². The Morgan fingerprint density at radius 2 is 2.06 bits per heavy atom. The SMILES string of the molecule is CCN(CC)C(=O)c1ccc(F)cc1C#CCN. The summed E-state index contributed by atoms with van der Waals surface area (Å²) in [5.41, 5.74) is 6.09. The highest BCUT2D eigenvalue weighted by atomic mass is 19.1. The van der Waals surface area contributed by atoms with Crippen LogP contribution in [-0.2, 0) is 0 Å². The Kier molecular flexibility index (Phi) is 5.34. The molecule has 1 aromatic rings. The second-order valence-electron chi connectivity index (χ2n) is 3.67. The average Bonchev–Trinajstić information content (AvgIpc) is 2.37. The van der Waals surface area contributed by atoms with Crippen molar-refractivity contribution in [2.75, 3.05) is 19.6 Å². The van der Waals surface area contributed by atoms with Crippen LogP contribution in [0.5, 0.6) is 0 Å². The third kappa shape index (κ3) is 3.31. The highest BCUT2D eigenvalue weighted by molar-refractivity contribution is 5.96. The summed E-state index contributed by atoms with van der Waals surface area (Å²) in [7, 11) is 0. The zero-order valence-electron chi connectivity index (χ0n) is 10.7. The van der Waals surface area contributed by atoms with Crippen molar-refractivity contribution in [2.45, 2.75) is 13.8 Å². The van der Waals surface area contributed by atoms with Crippen LogP contribution in [0.15, 0.2) is 18.2 Å². The van der Waals surface area contributed by atoms with Crippen LogP contribution < -0.4 is 5.73 Å². The van der Waals surface area contributed by atoms with Gasteiger partial charge in [0.25, 0.3) is 5.91 Å². The molecule has 0 heterocycles. The molecule has 3 nitrogen and oxygen atoms in total. The molecule has 0 aliphatic rings. The molecular weight excluding hydrogens is 231 g/mol. The predicted molar refractivity (Wildman–Crippen MR) is 69.6 cm³/mol. The largest absolute Gasteiger partial charge is 0.339 e. The number of hydrogen-bond donors (Lipinski definition) is 1. The van der Waals surface area contributed by atoms with Crippen LogP contribution in [0.25, 0.3) is 0 Å². The molecular formula is C14H17FN2O. The van der Waals surface area contributed by atoms with E-state index in [0.717, 1.165) is 0 Å². The molecule has 1 aromatic carbocycles. The first kappa shape index (κ1) is 14.2. The van der Waals surface area contributed by atoms with Gasteiger partial charge in [-0.15, -0.1) is 0 Å². The lowest BCUT2D eigenvalue weighted by Crippen LogP contribution is -2.31. The van der Waals surface area contributed by atoms with E-state index in [2.05, 4.69) is 11.8 Å². The van der Waals surface area contributed by atoms with Gasteiger partial charge in [0.15, 0.2) is 0 Å². The van der Waals surface area contributed by atoms with Gasteiger partial charge in [0.1, 0.15) is 5.82 Å². The maximum absolute atomic E-state index is 13.2. The van der Waals surface area contributed by atoms with E-state index in [1.54, 1.807) is 4.90 Å². The molecule has 1 amide bonds. The summed E-state index contributed by atoms with van der Waals surface area (Å²) in [4.78, 5) is 13.9. The Bertz CT molecular complexity index is 484. The Morgan fingerprint density at radius 1 is 1.39 bits per heavy atom. The molecule has 0 atom stereocenters. The second-order valence-corrected chi connectivity index (χ2v) is 3.67. The number of rotatable bonds is 3. The number of hydrogen-bond acceptors (Lipinski definition) is 2. The van der Waals surface area contributed by atoms with Crippen molar-refractivity contribution in [3.05, 3.63) is 35.1 Å². The Labute approximate surface area is 107 Å². The van der Waals surface area contributed by atoms with Crippen molar-refractivity contribution >= 4 is 5.91 Å². The first-order valence-corrected chi connectivity index (χ1v) is 5.91. The summed E-state index contributed by atoms with van der Waals surface area (Å²) in [5.74, 6) is 4.83. The Hall–Kier alpha value is -1.86. The smallest absolute Gasteiger partial charge is 0.255 e. The quantitative estimate of drug-likeness (QED) is 0.826. The van der Waals surface area contributed by atoms with Crippen molar-refractivity contribution < 1.29 is 9.18 Å². The minimum atomic E-state index is -0.410. The lowest BCUT2D eigenvalue weighted by atomic mass is 10.1. The average molecular weight is 248 g/mol. The number of halogens is 1. The van der Waals surface area contributed by atoms with Gasteiger partial charge in [-0.3, -0.25) is 4.79 Å². The van der Waals surface area contributed by atoms with E-state index in [1.807, 2.05) is 13.8 Å². The van der Waals surface area contributed by atoms with Crippen LogP contribution in [0.1, 0.15) is 29.8 Å². The van der Waals surface area contributed by atoms with Crippen molar-refractivity contribution in [2.24, 2.45) is 5.73 Å². The van der Waals surface area contributed by atoms with Crippen molar-refractivity contribution in [1.82, 2.24) is 4.90 Å². The lowest BCUT2D eigenvalue weighted by Gasteiger charge is -2.19. The lowest BCUT2D eigenvalue weighted by molar-refractivity contribution is 0.0772. The molecule has 0 fully saturated rings. The minimum Gasteiger partial charge on any atom is -0.339 e. The third-order valence-electron chi connectivity index (χ3n) is 2.59. The molecule has 0 saturated heterocycles. The normalized spacial score (nSPS) is 9.56. The van der Waals surface area contributed by atoms with Crippen LogP contribution >= 0.6 is 0 Å². The van der Waals surface area contributed by atoms with Gasteiger partial charge in [0, 0.05) is 18.7 Å². The molecule has 0 aliphatic carbocycles. The zero-order chi connectivity index (χ0) is 13.5. The molecule has 0 unspecified atom stereocenters. The monoisotopic (exact) mass is 248 g/mol. The van der Waals surface area contributed by atoms with Gasteiger partial charge >= 0.3 is 0 Å². The van der Waals surface area contributed by atoms with Crippen molar-refractivity contribution in [3.8, 4) is 11.8 Å². The number of carbonyl (C=O) groups is 1. The van der Waals surface area contributed by atoms with Gasteiger partial charge in [-0.05, 0) is 32.0 Å². The fraction of sp³-hybridized carbons (Fsp3) is 0.357. The molecule has 2 N–H and O–H groups in total. The molecule has 96 valence electrons. The van der Waals surface area contributed by atoms with Crippen LogP contribution in [-0.4, -0.2) is 30.4 Å². The van der Waals surface area contributed by atoms with E-state index in [0.29, 0.717) is 24.2 Å². The van der Waals surface area contributed by atoms with E-state index < -0.39 is 5.82 Å². The summed E-state index contributed by atoms with van der Waals surface area (Å²) < 4.78 is 13.2. The summed E-state index contributed by atoms with van der Waals surface area (Å²) in [6.07, 6.45) is 0. The van der Waals surface area contributed by atoms with Gasteiger partial charge in [0.2, 0.25) is 0 Å². The maximum atomic E-state index is 13.2. The molecule has 0 bridgehead atoms. The van der Waals surface area contributed by atoms with Crippen LogP contribution in [0.4, 0.5) is 4.39 Å². The molecule has 0 aromatic heterocycles. The van der Waals surface area contributed by atoms with Crippen LogP contribution in [0.3, 0.4) is 0 Å². The number of amides is 1. The third-order valence-corrected chi connectivity index (χ3v) is 2.59. The fourth-order valence-corrected chi connectivity index (χ4v) is 1.63. The van der Waals surface area contributed by atoms with Crippen LogP contribution in [0.2, 0.25) is 0 Å². The summed E-state index contributed by atoms with van der Waals surface area (Å²) in [5, 5.41) is 0. The Balaban J connectivity index is 3.18. The number of nitrogens with zero attached hydrogens (tertiary/aromatic N) is 1. The Morgan fingerprint density at radius 3 is 2.61 bits per heavy atom. The van der Waals surface area contributed by atoms with Crippen LogP contribution in [0, 0.1) is 17.7 Å². The van der Waals surface area contributed by atoms with Gasteiger partial charge < -0.3 is 10.6 Å². The summed E-state index contributed by atoms with van der Waals surface area (Å²) in [6.45, 7) is 5.19. The summed E-state index contributed by atoms with van der Waals surface area (Å²) in [6, 6.07) is 4.00. The molecule has 18 heavy (non-hydrogen) atoms. The van der Waals surface area contributed by atoms with Gasteiger partial charge in [-0.2, -0.15) is 0 Å². The zero-order valence-corrected chi connectivity index (χ0v) is 10.7. The maximum Gasteiger partial charge on any atom is 0.255 e. The van der Waals surface area contributed by atoms with E-state index in [4.69, 9.17) is 5.73 Å². The first-order valence-electron chi connectivity index (χ1n) is 5.91. The second kappa shape index (κ2) is 6.77. The highest BCUT2D eigenvalue weighted by Crippen LogP contribution is 2.13. The van der Waals surface area contributed by atoms with E-state index in [1.165, 1.54) is 18.2 Å². The van der Waals surface area contributed by atoms with E-state index >= 15 is 0 Å². The number of nitrogens with two attached hydrogens (primary N) is 1. The molecule has 1 rings (SSSR count). The minimum absolute atomic E-state index is 0.138. The highest BCUT2D eigenvalue weighted by Gasteiger charge is 2.16. The van der Waals surface area contributed by atoms with Crippen molar-refractivity contribution in [3.63, 3.8) is 0 Å². The van der Waals surface area contributed by atoms with Gasteiger partial charge in [-0.1, -0.05) is 11.8 Å². The molecule has 0 saturated carbocycles. The summed E-state index contributed by atoms with van der Waals surface area (Å²) >= 11 is 0. The molecule has 0 aliphatic heterocycles. The number of benzene rings is 1. The topological polar surface area (TPSA) is 46.3 Å². The first-order chi connectivity index (χ1) is 8.63. The van der Waals surface area contributed by atoms with E-state index in [9.17, 15) is 9.18 Å².